The van der Waals surface area contributed by atoms with Gasteiger partial charge in [-0.3, -0.25) is 4.79 Å². The van der Waals surface area contributed by atoms with E-state index in [9.17, 15) is 9.90 Å². The van der Waals surface area contributed by atoms with Crippen molar-refractivity contribution in [2.45, 2.75) is 38.7 Å². The normalized spacial score (nSPS) is 17.6. The maximum Gasteiger partial charge on any atom is 0.230 e. The van der Waals surface area contributed by atoms with Crippen molar-refractivity contribution in [1.29, 1.82) is 0 Å². The minimum atomic E-state index is -0.397. The second kappa shape index (κ2) is 6.80. The van der Waals surface area contributed by atoms with Gasteiger partial charge in [0.15, 0.2) is 0 Å². The number of aliphatic hydroxyl groups excluding tert-OH is 1. The van der Waals surface area contributed by atoms with Crippen LogP contribution < -0.4 is 0 Å². The predicted molar refractivity (Wildman–Crippen MR) is 85.4 cm³/mol. The number of benzene rings is 1. The minimum Gasteiger partial charge on any atom is -0.391 e. The van der Waals surface area contributed by atoms with Crippen LogP contribution in [0.2, 0.25) is 5.02 Å². The SMILES string of the molecule is CC(C)C(C(=O)N(C)CC(O)C1CC1)c1cccc(Cl)c1. The summed E-state index contributed by atoms with van der Waals surface area (Å²) in [6.07, 6.45) is 1.75. The molecular weight excluding hydrogens is 286 g/mol. The van der Waals surface area contributed by atoms with Crippen LogP contribution in [0.5, 0.6) is 0 Å². The molecule has 1 N–H and O–H groups in total. The first-order valence-corrected chi connectivity index (χ1v) is 7.96. The highest BCUT2D eigenvalue weighted by Crippen LogP contribution is 2.33. The van der Waals surface area contributed by atoms with Gasteiger partial charge in [-0.2, -0.15) is 0 Å². The highest BCUT2D eigenvalue weighted by atomic mass is 35.5. The van der Waals surface area contributed by atoms with Crippen molar-refractivity contribution in [3.8, 4) is 0 Å². The fraction of sp³-hybridized carbons (Fsp3) is 0.588. The van der Waals surface area contributed by atoms with E-state index in [1.54, 1.807) is 11.9 Å². The molecule has 1 aromatic rings. The first-order valence-electron chi connectivity index (χ1n) is 7.58. The summed E-state index contributed by atoms with van der Waals surface area (Å²) >= 11 is 6.05. The third-order valence-electron chi connectivity index (χ3n) is 4.14. The Bertz CT molecular complexity index is 499. The Kier molecular flexibility index (Phi) is 5.28. The van der Waals surface area contributed by atoms with Crippen molar-refractivity contribution in [2.24, 2.45) is 11.8 Å². The molecule has 1 aliphatic rings. The maximum absolute atomic E-state index is 12.7. The molecule has 116 valence electrons. The van der Waals surface area contributed by atoms with Crippen LogP contribution in [0.3, 0.4) is 0 Å². The molecule has 1 aliphatic carbocycles. The Hall–Kier alpha value is -1.06. The molecule has 2 atom stereocenters. The number of hydrogen-bond donors (Lipinski definition) is 1. The molecular formula is C17H24ClNO2. The molecule has 0 saturated heterocycles. The van der Waals surface area contributed by atoms with E-state index in [-0.39, 0.29) is 17.7 Å². The maximum atomic E-state index is 12.7. The molecule has 4 heteroatoms. The Labute approximate surface area is 131 Å². The summed E-state index contributed by atoms with van der Waals surface area (Å²) in [5.41, 5.74) is 0.940. The fourth-order valence-corrected chi connectivity index (χ4v) is 2.95. The molecule has 0 spiro atoms. The molecule has 1 fully saturated rings. The summed E-state index contributed by atoms with van der Waals surface area (Å²) in [5.74, 6) is 0.382. The number of aliphatic hydroxyl groups is 1. The smallest absolute Gasteiger partial charge is 0.230 e. The van der Waals surface area contributed by atoms with E-state index >= 15 is 0 Å². The number of nitrogens with zero attached hydrogens (tertiary/aromatic N) is 1. The lowest BCUT2D eigenvalue weighted by Crippen LogP contribution is -2.39. The van der Waals surface area contributed by atoms with Gasteiger partial charge in [0.05, 0.1) is 12.0 Å². The second-order valence-electron chi connectivity index (χ2n) is 6.40. The summed E-state index contributed by atoms with van der Waals surface area (Å²) < 4.78 is 0. The van der Waals surface area contributed by atoms with E-state index in [4.69, 9.17) is 11.6 Å². The van der Waals surface area contributed by atoms with Crippen molar-refractivity contribution in [1.82, 2.24) is 4.90 Å². The minimum absolute atomic E-state index is 0.0481. The molecule has 21 heavy (non-hydrogen) atoms. The van der Waals surface area contributed by atoms with Crippen LogP contribution in [-0.2, 0) is 4.79 Å². The van der Waals surface area contributed by atoms with Crippen molar-refractivity contribution >= 4 is 17.5 Å². The highest BCUT2D eigenvalue weighted by Gasteiger charge is 2.33. The first-order chi connectivity index (χ1) is 9.90. The summed E-state index contributed by atoms with van der Waals surface area (Å²) in [6.45, 7) is 4.48. The number of amides is 1. The van der Waals surface area contributed by atoms with Crippen LogP contribution >= 0.6 is 11.6 Å². The molecule has 2 rings (SSSR count). The van der Waals surface area contributed by atoms with Gasteiger partial charge in [-0.15, -0.1) is 0 Å². The molecule has 1 saturated carbocycles. The zero-order chi connectivity index (χ0) is 15.6. The molecule has 0 bridgehead atoms. The van der Waals surface area contributed by atoms with Gasteiger partial charge >= 0.3 is 0 Å². The molecule has 0 heterocycles. The van der Waals surface area contributed by atoms with Gasteiger partial charge in [0.1, 0.15) is 0 Å². The summed E-state index contributed by atoms with van der Waals surface area (Å²) in [7, 11) is 1.77. The lowest BCUT2D eigenvalue weighted by molar-refractivity contribution is -0.134. The van der Waals surface area contributed by atoms with Gasteiger partial charge < -0.3 is 10.0 Å². The zero-order valence-corrected chi connectivity index (χ0v) is 13.7. The first kappa shape index (κ1) is 16.3. The number of likely N-dealkylation sites (N-methyl/N-ethyl adjacent to an activating group) is 1. The number of hydrogen-bond acceptors (Lipinski definition) is 2. The van der Waals surface area contributed by atoms with E-state index in [0.29, 0.717) is 17.5 Å². The van der Waals surface area contributed by atoms with Crippen molar-refractivity contribution in [3.05, 3.63) is 34.9 Å². The third kappa shape index (κ3) is 4.21. The monoisotopic (exact) mass is 309 g/mol. The quantitative estimate of drug-likeness (QED) is 0.876. The van der Waals surface area contributed by atoms with Gasteiger partial charge in [-0.1, -0.05) is 37.6 Å². The lowest BCUT2D eigenvalue weighted by atomic mass is 9.87. The molecule has 0 radical (unpaired) electrons. The van der Waals surface area contributed by atoms with Crippen molar-refractivity contribution in [3.63, 3.8) is 0 Å². The van der Waals surface area contributed by atoms with E-state index in [2.05, 4.69) is 0 Å². The lowest BCUT2D eigenvalue weighted by Gasteiger charge is -2.28. The number of carbonyl (C=O) groups excluding carboxylic acids is 1. The average molecular weight is 310 g/mol. The standard InChI is InChI=1S/C17H24ClNO2/c1-11(2)16(13-5-4-6-14(18)9-13)17(21)19(3)10-15(20)12-7-8-12/h4-6,9,11-12,15-16,20H,7-8,10H2,1-3H3. The molecule has 2 unspecified atom stereocenters. The van der Waals surface area contributed by atoms with E-state index in [1.165, 1.54) is 0 Å². The second-order valence-corrected chi connectivity index (χ2v) is 6.84. The van der Waals surface area contributed by atoms with Crippen molar-refractivity contribution < 1.29 is 9.90 Å². The highest BCUT2D eigenvalue weighted by molar-refractivity contribution is 6.30. The van der Waals surface area contributed by atoms with Gasteiger partial charge in [0.25, 0.3) is 0 Å². The van der Waals surface area contributed by atoms with Gasteiger partial charge in [0.2, 0.25) is 5.91 Å². The zero-order valence-electron chi connectivity index (χ0n) is 12.9. The van der Waals surface area contributed by atoms with E-state index in [1.807, 2.05) is 38.1 Å². The summed E-state index contributed by atoms with van der Waals surface area (Å²) in [6, 6.07) is 7.49. The van der Waals surface area contributed by atoms with Crippen molar-refractivity contribution in [2.75, 3.05) is 13.6 Å². The fourth-order valence-electron chi connectivity index (χ4n) is 2.75. The van der Waals surface area contributed by atoms with E-state index in [0.717, 1.165) is 18.4 Å². The Morgan fingerprint density at radius 3 is 2.62 bits per heavy atom. The molecule has 3 nitrogen and oxygen atoms in total. The molecule has 1 aromatic carbocycles. The van der Waals surface area contributed by atoms with Crippen LogP contribution in [0, 0.1) is 11.8 Å². The number of halogens is 1. The van der Waals surface area contributed by atoms with Crippen LogP contribution in [0.1, 0.15) is 38.2 Å². The van der Waals surface area contributed by atoms with Crippen LogP contribution in [0.25, 0.3) is 0 Å². The Morgan fingerprint density at radius 1 is 1.43 bits per heavy atom. The van der Waals surface area contributed by atoms with Crippen LogP contribution in [0.4, 0.5) is 0 Å². The summed E-state index contributed by atoms with van der Waals surface area (Å²) in [5, 5.41) is 10.7. The Balaban J connectivity index is 2.11. The van der Waals surface area contributed by atoms with E-state index < -0.39 is 6.10 Å². The van der Waals surface area contributed by atoms with Gasteiger partial charge in [-0.05, 0) is 42.4 Å². The Morgan fingerprint density at radius 2 is 2.10 bits per heavy atom. The van der Waals surface area contributed by atoms with Crippen LogP contribution in [0.15, 0.2) is 24.3 Å². The topological polar surface area (TPSA) is 40.5 Å². The van der Waals surface area contributed by atoms with Crippen LogP contribution in [-0.4, -0.2) is 35.6 Å². The number of carbonyl (C=O) groups is 1. The molecule has 1 amide bonds. The average Bonchev–Trinajstić information content (AvgIpc) is 3.22. The van der Waals surface area contributed by atoms with Gasteiger partial charge in [0, 0.05) is 18.6 Å². The molecule has 0 aliphatic heterocycles. The summed E-state index contributed by atoms with van der Waals surface area (Å²) in [4.78, 5) is 14.4. The third-order valence-corrected chi connectivity index (χ3v) is 4.38. The molecule has 0 aromatic heterocycles. The largest absolute Gasteiger partial charge is 0.391 e. The van der Waals surface area contributed by atoms with Gasteiger partial charge in [-0.25, -0.2) is 0 Å². The number of rotatable bonds is 6. The predicted octanol–water partition coefficient (Wildman–Crippen LogP) is 3.31.